The Hall–Kier alpha value is -2.33. The van der Waals surface area contributed by atoms with Crippen LogP contribution in [-0.4, -0.2) is 42.2 Å². The Balaban J connectivity index is 3.15. The van der Waals surface area contributed by atoms with Crippen LogP contribution in [0.25, 0.3) is 0 Å². The van der Waals surface area contributed by atoms with E-state index in [2.05, 4.69) is 14.7 Å². The molecule has 0 saturated heterocycles. The van der Waals surface area contributed by atoms with E-state index in [0.717, 1.165) is 29.2 Å². The van der Waals surface area contributed by atoms with E-state index >= 15 is 0 Å². The van der Waals surface area contributed by atoms with Gasteiger partial charge in [0.25, 0.3) is 5.60 Å². The number of oxime groups is 1. The molecule has 0 aliphatic rings. The molecule has 0 spiro atoms. The number of anilines is 1. The number of hydrogen-bond acceptors (Lipinski definition) is 6. The number of nitrogens with zero attached hydrogens (tertiary/aromatic N) is 2. The second kappa shape index (κ2) is 8.37. The van der Waals surface area contributed by atoms with E-state index in [-0.39, 0.29) is 17.5 Å². The molecule has 1 aromatic carbocycles. The predicted octanol–water partition coefficient (Wildman–Crippen LogP) is 3.14. The molecule has 11 heteroatoms. The summed E-state index contributed by atoms with van der Waals surface area (Å²) in [6, 6.07) is 3.87. The van der Waals surface area contributed by atoms with Crippen LogP contribution < -0.4 is 4.90 Å². The third-order valence-corrected chi connectivity index (χ3v) is 3.25. The van der Waals surface area contributed by atoms with E-state index in [4.69, 9.17) is 11.6 Å². The highest BCUT2D eigenvalue weighted by atomic mass is 35.5. The third kappa shape index (κ3) is 4.64. The molecule has 144 valence electrons. The Morgan fingerprint density at radius 2 is 1.81 bits per heavy atom. The highest BCUT2D eigenvalue weighted by Gasteiger charge is 2.62. The number of carbonyl (C=O) groups excluding carboxylic acids is 2. The fourth-order valence-electron chi connectivity index (χ4n) is 1.83. The SMILES string of the molecule is CCOC(=O)[C@](O)(c1ccc(N(C)C(=O)O/N=C(/C)Cl)cc1)C(F)(F)F. The maximum atomic E-state index is 13.3. The summed E-state index contributed by atoms with van der Waals surface area (Å²) in [7, 11) is 1.28. The summed E-state index contributed by atoms with van der Waals surface area (Å²) in [5.41, 5.74) is -4.47. The summed E-state index contributed by atoms with van der Waals surface area (Å²) in [5, 5.41) is 13.2. The largest absolute Gasteiger partial charge is 0.463 e. The fourth-order valence-corrected chi connectivity index (χ4v) is 1.86. The minimum Gasteiger partial charge on any atom is -0.463 e. The van der Waals surface area contributed by atoms with Crippen LogP contribution in [0.3, 0.4) is 0 Å². The van der Waals surface area contributed by atoms with Gasteiger partial charge in [0, 0.05) is 18.3 Å². The minimum absolute atomic E-state index is 0.0354. The van der Waals surface area contributed by atoms with Crippen molar-refractivity contribution in [2.45, 2.75) is 25.6 Å². The second-order valence-corrected chi connectivity index (χ2v) is 5.53. The summed E-state index contributed by atoms with van der Waals surface area (Å²) in [6.45, 7) is 2.34. The smallest absolute Gasteiger partial charge is 0.440 e. The molecular formula is C15H16ClF3N2O5. The van der Waals surface area contributed by atoms with Crippen LogP contribution in [0, 0.1) is 0 Å². The van der Waals surface area contributed by atoms with E-state index in [1.54, 1.807) is 0 Å². The zero-order valence-corrected chi connectivity index (χ0v) is 14.8. The molecule has 0 heterocycles. The molecule has 0 radical (unpaired) electrons. The second-order valence-electron chi connectivity index (χ2n) is 4.98. The van der Waals surface area contributed by atoms with E-state index in [1.807, 2.05) is 0 Å². The van der Waals surface area contributed by atoms with Crippen molar-refractivity contribution in [1.82, 2.24) is 0 Å². The van der Waals surface area contributed by atoms with Gasteiger partial charge in [0.15, 0.2) is 0 Å². The average molecular weight is 397 g/mol. The quantitative estimate of drug-likeness (QED) is 0.357. The monoisotopic (exact) mass is 396 g/mol. The molecule has 0 fully saturated rings. The zero-order valence-electron chi connectivity index (χ0n) is 14.0. The van der Waals surface area contributed by atoms with Gasteiger partial charge in [-0.3, -0.25) is 9.74 Å². The molecule has 0 bridgehead atoms. The van der Waals surface area contributed by atoms with E-state index in [9.17, 15) is 27.9 Å². The maximum Gasteiger partial charge on any atom is 0.440 e. The van der Waals surface area contributed by atoms with Crippen molar-refractivity contribution in [3.8, 4) is 0 Å². The summed E-state index contributed by atoms with van der Waals surface area (Å²) < 4.78 is 44.1. The Kier molecular flexibility index (Phi) is 6.99. The molecule has 1 aromatic rings. The van der Waals surface area contributed by atoms with Gasteiger partial charge in [0.2, 0.25) is 0 Å². The number of esters is 1. The van der Waals surface area contributed by atoms with Gasteiger partial charge >= 0.3 is 18.2 Å². The van der Waals surface area contributed by atoms with Gasteiger partial charge in [0.05, 0.1) is 6.61 Å². The maximum absolute atomic E-state index is 13.3. The van der Waals surface area contributed by atoms with E-state index in [1.165, 1.54) is 20.9 Å². The first-order chi connectivity index (χ1) is 11.9. The van der Waals surface area contributed by atoms with Gasteiger partial charge in [-0.2, -0.15) is 13.2 Å². The lowest BCUT2D eigenvalue weighted by molar-refractivity contribution is -0.267. The number of halogens is 4. The predicted molar refractivity (Wildman–Crippen MR) is 86.9 cm³/mol. The number of amides is 1. The number of benzene rings is 1. The third-order valence-electron chi connectivity index (χ3n) is 3.18. The van der Waals surface area contributed by atoms with Gasteiger partial charge in [-0.25, -0.2) is 9.59 Å². The molecular weight excluding hydrogens is 381 g/mol. The molecule has 0 aromatic heterocycles. The molecule has 0 unspecified atom stereocenters. The van der Waals surface area contributed by atoms with Crippen LogP contribution in [0.15, 0.2) is 29.4 Å². The van der Waals surface area contributed by atoms with Crippen molar-refractivity contribution in [2.75, 3.05) is 18.6 Å². The Morgan fingerprint density at radius 3 is 2.23 bits per heavy atom. The average Bonchev–Trinajstić information content (AvgIpc) is 2.57. The summed E-state index contributed by atoms with van der Waals surface area (Å²) >= 11 is 5.42. The lowest BCUT2D eigenvalue weighted by atomic mass is 9.93. The first-order valence-electron chi connectivity index (χ1n) is 7.16. The van der Waals surface area contributed by atoms with Crippen LogP contribution in [0.5, 0.6) is 0 Å². The van der Waals surface area contributed by atoms with Crippen molar-refractivity contribution < 1.29 is 37.4 Å². The lowest BCUT2D eigenvalue weighted by Gasteiger charge is -2.28. The summed E-state index contributed by atoms with van der Waals surface area (Å²) in [6.07, 6.45) is -6.26. The van der Waals surface area contributed by atoms with Crippen LogP contribution in [0.2, 0.25) is 0 Å². The Bertz CT molecular complexity index is 690. The molecule has 1 amide bonds. The number of rotatable bonds is 5. The van der Waals surface area contributed by atoms with Crippen molar-refractivity contribution in [3.05, 3.63) is 29.8 Å². The highest BCUT2D eigenvalue weighted by Crippen LogP contribution is 2.40. The number of aliphatic hydroxyl groups is 1. The molecule has 1 N–H and O–H groups in total. The van der Waals surface area contributed by atoms with Crippen LogP contribution in [-0.2, 0) is 20.0 Å². The number of carbonyl (C=O) groups is 2. The van der Waals surface area contributed by atoms with Crippen LogP contribution in [0.1, 0.15) is 19.4 Å². The molecule has 7 nitrogen and oxygen atoms in total. The van der Waals surface area contributed by atoms with Crippen molar-refractivity contribution >= 4 is 34.5 Å². The van der Waals surface area contributed by atoms with Gasteiger partial charge < -0.3 is 9.84 Å². The number of alkyl halides is 3. The van der Waals surface area contributed by atoms with Crippen LogP contribution in [0.4, 0.5) is 23.7 Å². The topological polar surface area (TPSA) is 88.4 Å². The van der Waals surface area contributed by atoms with Crippen molar-refractivity contribution in [2.24, 2.45) is 5.16 Å². The molecule has 1 atom stereocenters. The van der Waals surface area contributed by atoms with E-state index in [0.29, 0.717) is 0 Å². The fraction of sp³-hybridized carbons (Fsp3) is 0.400. The van der Waals surface area contributed by atoms with Crippen molar-refractivity contribution in [3.63, 3.8) is 0 Å². The van der Waals surface area contributed by atoms with Crippen molar-refractivity contribution in [1.29, 1.82) is 0 Å². The summed E-state index contributed by atoms with van der Waals surface area (Å²) in [5.74, 6) is -1.85. The summed E-state index contributed by atoms with van der Waals surface area (Å²) in [4.78, 5) is 28.8. The van der Waals surface area contributed by atoms with Gasteiger partial charge in [-0.15, -0.1) is 0 Å². The van der Waals surface area contributed by atoms with Gasteiger partial charge in [-0.05, 0) is 26.0 Å². The van der Waals surface area contributed by atoms with Gasteiger partial charge in [-0.1, -0.05) is 28.9 Å². The Morgan fingerprint density at radius 1 is 1.27 bits per heavy atom. The molecule has 26 heavy (non-hydrogen) atoms. The lowest BCUT2D eigenvalue weighted by Crippen LogP contribution is -2.50. The van der Waals surface area contributed by atoms with E-state index < -0.39 is 29.4 Å². The minimum atomic E-state index is -5.31. The molecule has 0 aliphatic carbocycles. The molecule has 0 aliphatic heterocycles. The number of hydrogen-bond donors (Lipinski definition) is 1. The zero-order chi connectivity index (χ0) is 20.1. The molecule has 1 rings (SSSR count). The normalized spacial score (nSPS) is 14.4. The molecule has 0 saturated carbocycles. The van der Waals surface area contributed by atoms with Gasteiger partial charge in [0.1, 0.15) is 5.17 Å². The van der Waals surface area contributed by atoms with Crippen LogP contribution >= 0.6 is 11.6 Å². The standard InChI is InChI=1S/C15H16ClF3N2O5/c1-4-25-12(22)14(24,15(17,18)19)10-5-7-11(8-6-10)21(3)13(23)26-20-9(2)16/h5-8,24H,4H2,1-3H3/b20-9-/t14-/m1/s1. The first kappa shape index (κ1) is 21.7. The first-order valence-corrected chi connectivity index (χ1v) is 7.54. The Labute approximate surface area is 151 Å². The number of ether oxygens (including phenoxy) is 1. The highest BCUT2D eigenvalue weighted by molar-refractivity contribution is 6.64.